The fraction of sp³-hybridized carbons (Fsp3) is 0.417. The fourth-order valence-corrected chi connectivity index (χ4v) is 2.15. The van der Waals surface area contributed by atoms with Crippen molar-refractivity contribution < 1.29 is 17.8 Å². The molecule has 0 aliphatic rings. The van der Waals surface area contributed by atoms with Crippen LogP contribution in [-0.4, -0.2) is 25.4 Å². The fourth-order valence-electron chi connectivity index (χ4n) is 1.62. The summed E-state index contributed by atoms with van der Waals surface area (Å²) in [5.74, 6) is -0.0848. The molecular weight excluding hydrogens is 254 g/mol. The molecule has 0 aliphatic heterocycles. The normalized spacial score (nSPS) is 11.3. The van der Waals surface area contributed by atoms with Crippen LogP contribution in [-0.2, 0) is 21.3 Å². The highest BCUT2D eigenvalue weighted by atomic mass is 32.2. The third-order valence-electron chi connectivity index (χ3n) is 2.62. The van der Waals surface area contributed by atoms with Gasteiger partial charge in [-0.2, -0.15) is 8.42 Å². The maximum atomic E-state index is 11.0. The van der Waals surface area contributed by atoms with Gasteiger partial charge in [-0.3, -0.25) is 9.35 Å². The molecule has 1 rings (SSSR count). The van der Waals surface area contributed by atoms with Crippen molar-refractivity contribution in [1.82, 2.24) is 5.32 Å². The molecule has 1 amide bonds. The van der Waals surface area contributed by atoms with Gasteiger partial charge in [0.05, 0.1) is 4.90 Å². The molecule has 5 nitrogen and oxygen atoms in total. The Hall–Kier alpha value is -1.40. The zero-order valence-electron chi connectivity index (χ0n) is 10.4. The van der Waals surface area contributed by atoms with Crippen LogP contribution in [0.25, 0.3) is 0 Å². The van der Waals surface area contributed by atoms with Crippen LogP contribution in [0.1, 0.15) is 24.5 Å². The molecule has 0 bridgehead atoms. The standard InChI is InChI=1S/C12H17NO4S/c1-9-5-6-12(18(15,16)17)8-11(9)4-3-7-13-10(2)14/h5-6,8H,3-4,7H2,1-2H3,(H,13,14)(H,15,16,17). The highest BCUT2D eigenvalue weighted by Crippen LogP contribution is 2.16. The average molecular weight is 271 g/mol. The van der Waals surface area contributed by atoms with E-state index in [1.54, 1.807) is 6.07 Å². The highest BCUT2D eigenvalue weighted by Gasteiger charge is 2.11. The Labute approximate surface area is 107 Å². The van der Waals surface area contributed by atoms with Crippen LogP contribution in [0.3, 0.4) is 0 Å². The summed E-state index contributed by atoms with van der Waals surface area (Å²) in [5.41, 5.74) is 1.82. The van der Waals surface area contributed by atoms with Crippen LogP contribution in [0, 0.1) is 6.92 Å². The van der Waals surface area contributed by atoms with Gasteiger partial charge in [0.15, 0.2) is 0 Å². The largest absolute Gasteiger partial charge is 0.356 e. The molecule has 6 heteroatoms. The third kappa shape index (κ3) is 4.46. The van der Waals surface area contributed by atoms with Crippen molar-refractivity contribution in [3.63, 3.8) is 0 Å². The lowest BCUT2D eigenvalue weighted by atomic mass is 10.0. The summed E-state index contributed by atoms with van der Waals surface area (Å²) >= 11 is 0. The molecule has 0 aliphatic carbocycles. The molecule has 0 aromatic heterocycles. The van der Waals surface area contributed by atoms with E-state index in [-0.39, 0.29) is 10.8 Å². The summed E-state index contributed by atoms with van der Waals surface area (Å²) in [4.78, 5) is 10.6. The minimum absolute atomic E-state index is 0.0848. The first-order valence-electron chi connectivity index (χ1n) is 5.62. The molecular formula is C12H17NO4S. The van der Waals surface area contributed by atoms with E-state index in [9.17, 15) is 13.2 Å². The van der Waals surface area contributed by atoms with E-state index in [0.29, 0.717) is 13.0 Å². The van der Waals surface area contributed by atoms with Gasteiger partial charge in [-0.15, -0.1) is 0 Å². The van der Waals surface area contributed by atoms with Gasteiger partial charge < -0.3 is 5.32 Å². The van der Waals surface area contributed by atoms with E-state index in [1.165, 1.54) is 19.1 Å². The summed E-state index contributed by atoms with van der Waals surface area (Å²) in [6.45, 7) is 3.87. The summed E-state index contributed by atoms with van der Waals surface area (Å²) in [6, 6.07) is 4.51. The maximum Gasteiger partial charge on any atom is 0.294 e. The maximum absolute atomic E-state index is 11.0. The van der Waals surface area contributed by atoms with Gasteiger partial charge in [0.2, 0.25) is 5.91 Å². The van der Waals surface area contributed by atoms with E-state index in [4.69, 9.17) is 4.55 Å². The molecule has 0 spiro atoms. The Kier molecular flexibility index (Phi) is 4.86. The van der Waals surface area contributed by atoms with Crippen LogP contribution in [0.15, 0.2) is 23.1 Å². The van der Waals surface area contributed by atoms with Crippen LogP contribution >= 0.6 is 0 Å². The van der Waals surface area contributed by atoms with Crippen molar-refractivity contribution in [2.45, 2.75) is 31.6 Å². The van der Waals surface area contributed by atoms with Gasteiger partial charge in [0.1, 0.15) is 0 Å². The predicted octanol–water partition coefficient (Wildman–Crippen LogP) is 1.31. The van der Waals surface area contributed by atoms with Crippen molar-refractivity contribution in [1.29, 1.82) is 0 Å². The molecule has 0 atom stereocenters. The van der Waals surface area contributed by atoms with Crippen molar-refractivity contribution >= 4 is 16.0 Å². The molecule has 0 radical (unpaired) electrons. The van der Waals surface area contributed by atoms with Crippen LogP contribution in [0.2, 0.25) is 0 Å². The molecule has 0 saturated heterocycles. The third-order valence-corrected chi connectivity index (χ3v) is 3.46. The molecule has 100 valence electrons. The molecule has 0 saturated carbocycles. The van der Waals surface area contributed by atoms with Crippen molar-refractivity contribution in [2.24, 2.45) is 0 Å². The first-order valence-corrected chi connectivity index (χ1v) is 7.06. The lowest BCUT2D eigenvalue weighted by Crippen LogP contribution is -2.21. The number of rotatable bonds is 5. The zero-order valence-corrected chi connectivity index (χ0v) is 11.3. The van der Waals surface area contributed by atoms with E-state index in [0.717, 1.165) is 17.5 Å². The minimum Gasteiger partial charge on any atom is -0.356 e. The Morgan fingerprint density at radius 2 is 2.06 bits per heavy atom. The Morgan fingerprint density at radius 3 is 2.61 bits per heavy atom. The lowest BCUT2D eigenvalue weighted by Gasteiger charge is -2.08. The number of amides is 1. The number of hydrogen-bond acceptors (Lipinski definition) is 3. The number of hydrogen-bond donors (Lipinski definition) is 2. The topological polar surface area (TPSA) is 83.5 Å². The number of nitrogens with one attached hydrogen (secondary N) is 1. The number of aryl methyl sites for hydroxylation is 2. The molecule has 0 unspecified atom stereocenters. The summed E-state index contributed by atoms with van der Waals surface area (Å²) in [7, 11) is -4.16. The molecule has 2 N–H and O–H groups in total. The van der Waals surface area contributed by atoms with Crippen molar-refractivity contribution in [3.8, 4) is 0 Å². The van der Waals surface area contributed by atoms with E-state index >= 15 is 0 Å². The Bertz CT molecular complexity index is 537. The minimum atomic E-state index is -4.16. The highest BCUT2D eigenvalue weighted by molar-refractivity contribution is 7.85. The van der Waals surface area contributed by atoms with Crippen molar-refractivity contribution in [2.75, 3.05) is 6.54 Å². The first-order chi connectivity index (χ1) is 8.30. The Balaban J connectivity index is 2.73. The van der Waals surface area contributed by atoms with E-state index < -0.39 is 10.1 Å². The van der Waals surface area contributed by atoms with Crippen LogP contribution in [0.4, 0.5) is 0 Å². The van der Waals surface area contributed by atoms with E-state index in [1.807, 2.05) is 6.92 Å². The van der Waals surface area contributed by atoms with Gasteiger partial charge in [0, 0.05) is 13.5 Å². The van der Waals surface area contributed by atoms with Gasteiger partial charge in [0.25, 0.3) is 10.1 Å². The second kappa shape index (κ2) is 5.97. The first kappa shape index (κ1) is 14.7. The molecule has 1 aromatic carbocycles. The monoisotopic (exact) mass is 271 g/mol. The summed E-state index contributed by atoms with van der Waals surface area (Å²) in [5, 5.41) is 2.67. The zero-order chi connectivity index (χ0) is 13.8. The summed E-state index contributed by atoms with van der Waals surface area (Å²) < 4.78 is 31.0. The molecule has 0 heterocycles. The number of benzene rings is 1. The lowest BCUT2D eigenvalue weighted by molar-refractivity contribution is -0.118. The van der Waals surface area contributed by atoms with Crippen LogP contribution < -0.4 is 5.32 Å². The number of carbonyl (C=O) groups is 1. The SMILES string of the molecule is CC(=O)NCCCc1cc(S(=O)(=O)O)ccc1C. The van der Waals surface area contributed by atoms with E-state index in [2.05, 4.69) is 5.32 Å². The quantitative estimate of drug-likeness (QED) is 0.625. The second-order valence-electron chi connectivity index (χ2n) is 4.15. The van der Waals surface area contributed by atoms with Crippen LogP contribution in [0.5, 0.6) is 0 Å². The smallest absolute Gasteiger partial charge is 0.294 e. The average Bonchev–Trinajstić information content (AvgIpc) is 2.24. The van der Waals surface area contributed by atoms with Gasteiger partial charge >= 0.3 is 0 Å². The second-order valence-corrected chi connectivity index (χ2v) is 5.57. The molecule has 18 heavy (non-hydrogen) atoms. The van der Waals surface area contributed by atoms with Gasteiger partial charge in [-0.05, 0) is 43.0 Å². The molecule has 1 aromatic rings. The molecule has 0 fully saturated rings. The predicted molar refractivity (Wildman–Crippen MR) is 68.0 cm³/mol. The summed E-state index contributed by atoms with van der Waals surface area (Å²) in [6.07, 6.45) is 1.37. The number of carbonyl (C=O) groups excluding carboxylic acids is 1. The van der Waals surface area contributed by atoms with Crippen molar-refractivity contribution in [3.05, 3.63) is 29.3 Å². The van der Waals surface area contributed by atoms with Gasteiger partial charge in [-0.1, -0.05) is 6.07 Å². The Morgan fingerprint density at radius 1 is 1.39 bits per heavy atom. The van der Waals surface area contributed by atoms with Gasteiger partial charge in [-0.25, -0.2) is 0 Å².